The van der Waals surface area contributed by atoms with Gasteiger partial charge in [-0.25, -0.2) is 8.42 Å². The molecule has 1 heterocycles. The molecule has 1 amide bonds. The van der Waals surface area contributed by atoms with E-state index in [0.29, 0.717) is 18.0 Å². The van der Waals surface area contributed by atoms with Gasteiger partial charge in [-0.3, -0.25) is 9.69 Å². The minimum absolute atomic E-state index is 0.0163. The molecular formula is C20H30N2O3S. The summed E-state index contributed by atoms with van der Waals surface area (Å²) in [5, 5.41) is 0. The van der Waals surface area contributed by atoms with Crippen LogP contribution in [-0.2, 0) is 16.4 Å². The molecule has 0 radical (unpaired) electrons. The van der Waals surface area contributed by atoms with E-state index in [9.17, 15) is 13.2 Å². The Morgan fingerprint density at radius 1 is 1.12 bits per heavy atom. The van der Waals surface area contributed by atoms with Crippen LogP contribution in [0.2, 0.25) is 0 Å². The van der Waals surface area contributed by atoms with Crippen LogP contribution in [0.3, 0.4) is 0 Å². The van der Waals surface area contributed by atoms with Crippen molar-refractivity contribution in [2.24, 2.45) is 0 Å². The summed E-state index contributed by atoms with van der Waals surface area (Å²) in [7, 11) is -2.99. The highest BCUT2D eigenvalue weighted by molar-refractivity contribution is 7.91. The third-order valence-electron chi connectivity index (χ3n) is 5.50. The van der Waals surface area contributed by atoms with E-state index in [2.05, 4.69) is 25.7 Å². The Labute approximate surface area is 157 Å². The fraction of sp³-hybridized carbons (Fsp3) is 0.650. The van der Waals surface area contributed by atoms with E-state index in [-0.39, 0.29) is 29.5 Å². The van der Waals surface area contributed by atoms with E-state index < -0.39 is 9.84 Å². The standard InChI is InChI=1S/C20H30N2O3S/c1-4-21(15(2)3)13-16-5-7-17(8-6-16)20(23)22(18-9-10-18)19-11-12-26(24,25)14-19/h5-8,15,18-19H,4,9-14H2,1-3H3/t19-/m1/s1. The summed E-state index contributed by atoms with van der Waals surface area (Å²) in [4.78, 5) is 17.3. The average Bonchev–Trinajstić information content (AvgIpc) is 3.36. The number of rotatable bonds is 7. The van der Waals surface area contributed by atoms with Crippen molar-refractivity contribution in [1.29, 1.82) is 0 Å². The molecule has 5 nitrogen and oxygen atoms in total. The van der Waals surface area contributed by atoms with Crippen LogP contribution in [-0.4, -0.2) is 60.3 Å². The molecule has 0 aromatic heterocycles. The molecule has 6 heteroatoms. The SMILES string of the molecule is CCN(Cc1ccc(C(=O)N(C2CC2)[C@@H]2CCS(=O)(=O)C2)cc1)C(C)C. The van der Waals surface area contributed by atoms with E-state index >= 15 is 0 Å². The van der Waals surface area contributed by atoms with Gasteiger partial charge >= 0.3 is 0 Å². The summed E-state index contributed by atoms with van der Waals surface area (Å²) in [5.41, 5.74) is 1.86. The lowest BCUT2D eigenvalue weighted by Crippen LogP contribution is -2.42. The van der Waals surface area contributed by atoms with Crippen molar-refractivity contribution in [3.63, 3.8) is 0 Å². The number of sulfone groups is 1. The first-order chi connectivity index (χ1) is 12.3. The number of benzene rings is 1. The Bertz CT molecular complexity index is 739. The maximum atomic E-state index is 13.0. The fourth-order valence-electron chi connectivity index (χ4n) is 3.77. The maximum Gasteiger partial charge on any atom is 0.254 e. The molecule has 1 saturated heterocycles. The van der Waals surface area contributed by atoms with E-state index in [1.165, 1.54) is 5.56 Å². The Hall–Kier alpha value is -1.40. The maximum absolute atomic E-state index is 13.0. The van der Waals surface area contributed by atoms with Gasteiger partial charge in [-0.2, -0.15) is 0 Å². The van der Waals surface area contributed by atoms with Gasteiger partial charge in [-0.1, -0.05) is 19.1 Å². The first-order valence-corrected chi connectivity index (χ1v) is 11.5. The minimum atomic E-state index is -2.99. The molecule has 1 aliphatic carbocycles. The molecule has 0 bridgehead atoms. The van der Waals surface area contributed by atoms with Crippen LogP contribution in [0.15, 0.2) is 24.3 Å². The summed E-state index contributed by atoms with van der Waals surface area (Å²) in [6, 6.07) is 8.38. The van der Waals surface area contributed by atoms with Crippen molar-refractivity contribution in [1.82, 2.24) is 9.80 Å². The molecule has 0 spiro atoms. The molecule has 1 saturated carbocycles. The molecule has 3 rings (SSSR count). The van der Waals surface area contributed by atoms with Gasteiger partial charge < -0.3 is 4.90 Å². The highest BCUT2D eigenvalue weighted by atomic mass is 32.2. The molecule has 2 fully saturated rings. The summed E-state index contributed by atoms with van der Waals surface area (Å²) >= 11 is 0. The van der Waals surface area contributed by atoms with Crippen molar-refractivity contribution in [2.75, 3.05) is 18.1 Å². The molecule has 26 heavy (non-hydrogen) atoms. The molecule has 1 aliphatic heterocycles. The predicted octanol–water partition coefficient (Wildman–Crippen LogP) is 2.71. The number of amides is 1. The third kappa shape index (κ3) is 4.46. The first-order valence-electron chi connectivity index (χ1n) is 9.67. The van der Waals surface area contributed by atoms with Gasteiger partial charge in [-0.05, 0) is 57.4 Å². The summed E-state index contributed by atoms with van der Waals surface area (Å²) in [6.07, 6.45) is 2.54. The topological polar surface area (TPSA) is 57.7 Å². The Morgan fingerprint density at radius 2 is 1.77 bits per heavy atom. The lowest BCUT2D eigenvalue weighted by atomic mass is 10.1. The summed E-state index contributed by atoms with van der Waals surface area (Å²) in [5.74, 6) is 0.305. The predicted molar refractivity (Wildman–Crippen MR) is 104 cm³/mol. The first kappa shape index (κ1) is 19.4. The van der Waals surface area contributed by atoms with Crippen LogP contribution < -0.4 is 0 Å². The second kappa shape index (κ2) is 7.69. The molecular weight excluding hydrogens is 348 g/mol. The second-order valence-electron chi connectivity index (χ2n) is 7.85. The van der Waals surface area contributed by atoms with Crippen LogP contribution in [0.5, 0.6) is 0 Å². The molecule has 2 aliphatic rings. The van der Waals surface area contributed by atoms with E-state index in [1.54, 1.807) is 0 Å². The van der Waals surface area contributed by atoms with Crippen LogP contribution in [0.1, 0.15) is 56.0 Å². The van der Waals surface area contributed by atoms with Gasteiger partial charge in [0, 0.05) is 30.2 Å². The monoisotopic (exact) mass is 378 g/mol. The van der Waals surface area contributed by atoms with Gasteiger partial charge in [0.15, 0.2) is 9.84 Å². The van der Waals surface area contributed by atoms with Gasteiger partial charge in [0.05, 0.1) is 11.5 Å². The zero-order chi connectivity index (χ0) is 18.9. The quantitative estimate of drug-likeness (QED) is 0.732. The van der Waals surface area contributed by atoms with Crippen molar-refractivity contribution < 1.29 is 13.2 Å². The van der Waals surface area contributed by atoms with E-state index in [0.717, 1.165) is 25.9 Å². The van der Waals surface area contributed by atoms with Crippen LogP contribution in [0.4, 0.5) is 0 Å². The van der Waals surface area contributed by atoms with Crippen molar-refractivity contribution >= 4 is 15.7 Å². The van der Waals surface area contributed by atoms with Gasteiger partial charge in [0.25, 0.3) is 5.91 Å². The van der Waals surface area contributed by atoms with Gasteiger partial charge in [0.2, 0.25) is 0 Å². The smallest absolute Gasteiger partial charge is 0.254 e. The van der Waals surface area contributed by atoms with E-state index in [1.807, 2.05) is 29.2 Å². The molecule has 1 aromatic rings. The second-order valence-corrected chi connectivity index (χ2v) is 10.1. The third-order valence-corrected chi connectivity index (χ3v) is 7.25. The Kier molecular flexibility index (Phi) is 5.72. The van der Waals surface area contributed by atoms with Crippen LogP contribution in [0.25, 0.3) is 0 Å². The van der Waals surface area contributed by atoms with Crippen molar-refractivity contribution in [2.45, 2.75) is 64.7 Å². The number of carbonyl (C=O) groups is 1. The van der Waals surface area contributed by atoms with Gasteiger partial charge in [-0.15, -0.1) is 0 Å². The molecule has 144 valence electrons. The molecule has 0 N–H and O–H groups in total. The zero-order valence-electron chi connectivity index (χ0n) is 16.0. The van der Waals surface area contributed by atoms with Crippen molar-refractivity contribution in [3.05, 3.63) is 35.4 Å². The molecule has 0 unspecified atom stereocenters. The van der Waals surface area contributed by atoms with Gasteiger partial charge in [0.1, 0.15) is 0 Å². The lowest BCUT2D eigenvalue weighted by molar-refractivity contribution is 0.0680. The lowest BCUT2D eigenvalue weighted by Gasteiger charge is -2.28. The number of nitrogens with zero attached hydrogens (tertiary/aromatic N) is 2. The highest BCUT2D eigenvalue weighted by Crippen LogP contribution is 2.33. The Morgan fingerprint density at radius 3 is 2.23 bits per heavy atom. The normalized spacial score (nSPS) is 22.1. The van der Waals surface area contributed by atoms with Crippen molar-refractivity contribution in [3.8, 4) is 0 Å². The van der Waals surface area contributed by atoms with E-state index in [4.69, 9.17) is 0 Å². The largest absolute Gasteiger partial charge is 0.332 e. The summed E-state index contributed by atoms with van der Waals surface area (Å²) in [6.45, 7) is 8.38. The average molecular weight is 379 g/mol. The fourth-order valence-corrected chi connectivity index (χ4v) is 5.48. The molecule has 1 aromatic carbocycles. The highest BCUT2D eigenvalue weighted by Gasteiger charge is 2.42. The molecule has 1 atom stereocenters. The van der Waals surface area contributed by atoms with Crippen LogP contribution in [0, 0.1) is 0 Å². The minimum Gasteiger partial charge on any atom is -0.332 e. The number of carbonyl (C=O) groups excluding carboxylic acids is 1. The van der Waals surface area contributed by atoms with Crippen LogP contribution >= 0.6 is 0 Å². The summed E-state index contributed by atoms with van der Waals surface area (Å²) < 4.78 is 23.7. The number of hydrogen-bond donors (Lipinski definition) is 0. The Balaban J connectivity index is 1.72. The zero-order valence-corrected chi connectivity index (χ0v) is 16.8. The number of hydrogen-bond acceptors (Lipinski definition) is 4.